The topological polar surface area (TPSA) is 77.1 Å². The summed E-state index contributed by atoms with van der Waals surface area (Å²) in [5.74, 6) is 1.41. The van der Waals surface area contributed by atoms with Gasteiger partial charge in [0.05, 0.1) is 26.5 Å². The van der Waals surface area contributed by atoms with E-state index in [9.17, 15) is 9.59 Å². The Morgan fingerprint density at radius 1 is 1.20 bits per heavy atom. The molecule has 0 saturated heterocycles. The standard InChI is InChI=1S/C22H25ClN2O5/c1-14-13-25(17-11-16(23)7-8-18(17)30-14)21(27)10-9-20(26)24-12-15-5-4-6-19(28-2)22(15)29-3/h4-8,11,14H,9-10,12-13H2,1-3H3,(H,24,26)/t14-/m1/s1. The zero-order valence-corrected chi connectivity index (χ0v) is 18.0. The number of carbonyl (C=O) groups excluding carboxylic acids is 2. The van der Waals surface area contributed by atoms with Crippen molar-refractivity contribution in [1.29, 1.82) is 0 Å². The van der Waals surface area contributed by atoms with Crippen molar-refractivity contribution in [2.45, 2.75) is 32.4 Å². The summed E-state index contributed by atoms with van der Waals surface area (Å²) >= 11 is 6.08. The molecule has 1 heterocycles. The maximum Gasteiger partial charge on any atom is 0.227 e. The van der Waals surface area contributed by atoms with E-state index in [1.165, 1.54) is 0 Å². The minimum absolute atomic E-state index is 0.0761. The first-order valence-electron chi connectivity index (χ1n) is 9.66. The van der Waals surface area contributed by atoms with Crippen LogP contribution in [0.15, 0.2) is 36.4 Å². The number of carbonyl (C=O) groups is 2. The maximum absolute atomic E-state index is 12.8. The normalized spacial score (nSPS) is 15.1. The SMILES string of the molecule is COc1cccc(CNC(=O)CCC(=O)N2C[C@@H](C)Oc3ccc(Cl)cc32)c1OC. The Hall–Kier alpha value is -2.93. The van der Waals surface area contributed by atoms with Gasteiger partial charge in [0.25, 0.3) is 0 Å². The Labute approximate surface area is 180 Å². The van der Waals surface area contributed by atoms with Crippen LogP contribution in [0.1, 0.15) is 25.3 Å². The Morgan fingerprint density at radius 3 is 2.73 bits per heavy atom. The molecule has 1 aliphatic heterocycles. The molecule has 0 aliphatic carbocycles. The molecule has 0 spiro atoms. The minimum atomic E-state index is -0.221. The summed E-state index contributed by atoms with van der Waals surface area (Å²) in [5, 5.41) is 3.35. The van der Waals surface area contributed by atoms with Crippen LogP contribution in [0.3, 0.4) is 0 Å². The fourth-order valence-corrected chi connectivity index (χ4v) is 3.54. The molecule has 160 valence electrons. The lowest BCUT2D eigenvalue weighted by atomic mass is 10.1. The molecule has 2 aromatic carbocycles. The number of para-hydroxylation sites is 1. The van der Waals surface area contributed by atoms with Crippen molar-refractivity contribution in [1.82, 2.24) is 5.32 Å². The molecule has 7 nitrogen and oxygen atoms in total. The number of nitrogens with zero attached hydrogens (tertiary/aromatic N) is 1. The van der Waals surface area contributed by atoms with Gasteiger partial charge in [0.1, 0.15) is 11.9 Å². The van der Waals surface area contributed by atoms with Crippen LogP contribution in [0.2, 0.25) is 5.02 Å². The monoisotopic (exact) mass is 432 g/mol. The summed E-state index contributed by atoms with van der Waals surface area (Å²) in [6.07, 6.45) is 0.0175. The number of halogens is 1. The zero-order chi connectivity index (χ0) is 21.7. The van der Waals surface area contributed by atoms with Gasteiger partial charge in [-0.05, 0) is 31.2 Å². The molecular formula is C22H25ClN2O5. The largest absolute Gasteiger partial charge is 0.493 e. The Morgan fingerprint density at radius 2 is 2.00 bits per heavy atom. The van der Waals surface area contributed by atoms with Crippen LogP contribution < -0.4 is 24.4 Å². The second kappa shape index (κ2) is 9.71. The third-order valence-corrected chi connectivity index (χ3v) is 5.04. The van der Waals surface area contributed by atoms with Crippen LogP contribution in [0.5, 0.6) is 17.2 Å². The van der Waals surface area contributed by atoms with Crippen molar-refractivity contribution in [2.24, 2.45) is 0 Å². The van der Waals surface area contributed by atoms with Gasteiger partial charge in [-0.25, -0.2) is 0 Å². The number of rotatable bonds is 7. The van der Waals surface area contributed by atoms with Gasteiger partial charge < -0.3 is 24.4 Å². The second-order valence-electron chi connectivity index (χ2n) is 6.97. The number of ether oxygens (including phenoxy) is 3. The first-order valence-corrected chi connectivity index (χ1v) is 10.0. The molecule has 0 saturated carbocycles. The average molecular weight is 433 g/mol. The van der Waals surface area contributed by atoms with Crippen molar-refractivity contribution in [3.05, 3.63) is 47.0 Å². The smallest absolute Gasteiger partial charge is 0.227 e. The van der Waals surface area contributed by atoms with Crippen LogP contribution in [0.4, 0.5) is 5.69 Å². The molecule has 30 heavy (non-hydrogen) atoms. The molecule has 3 rings (SSSR count). The molecule has 0 radical (unpaired) electrons. The third kappa shape index (κ3) is 4.97. The summed E-state index contributed by atoms with van der Waals surface area (Å²) in [4.78, 5) is 26.7. The van der Waals surface area contributed by atoms with Crippen molar-refractivity contribution < 1.29 is 23.8 Å². The number of hydrogen-bond donors (Lipinski definition) is 1. The van der Waals surface area contributed by atoms with Crippen LogP contribution >= 0.6 is 11.6 Å². The van der Waals surface area contributed by atoms with Gasteiger partial charge in [-0.3, -0.25) is 9.59 Å². The third-order valence-electron chi connectivity index (χ3n) is 4.81. The van der Waals surface area contributed by atoms with Crippen LogP contribution in [0.25, 0.3) is 0 Å². The highest BCUT2D eigenvalue weighted by atomic mass is 35.5. The summed E-state index contributed by atoms with van der Waals surface area (Å²) in [6, 6.07) is 10.6. The molecule has 0 bridgehead atoms. The van der Waals surface area contributed by atoms with Gasteiger partial charge >= 0.3 is 0 Å². The van der Waals surface area contributed by atoms with E-state index in [2.05, 4.69) is 5.32 Å². The fourth-order valence-electron chi connectivity index (χ4n) is 3.38. The summed E-state index contributed by atoms with van der Waals surface area (Å²) in [6.45, 7) is 2.58. The van der Waals surface area contributed by atoms with E-state index in [4.69, 9.17) is 25.8 Å². The number of hydrogen-bond acceptors (Lipinski definition) is 5. The number of anilines is 1. The molecule has 2 amide bonds. The number of methoxy groups -OCH3 is 2. The highest BCUT2D eigenvalue weighted by Gasteiger charge is 2.28. The number of amides is 2. The van der Waals surface area contributed by atoms with Crippen molar-refractivity contribution in [3.63, 3.8) is 0 Å². The lowest BCUT2D eigenvalue weighted by Gasteiger charge is -2.33. The summed E-state index contributed by atoms with van der Waals surface area (Å²) < 4.78 is 16.4. The first kappa shape index (κ1) is 21.8. The molecule has 1 atom stereocenters. The Balaban J connectivity index is 1.58. The van der Waals surface area contributed by atoms with Crippen molar-refractivity contribution in [3.8, 4) is 17.2 Å². The quantitative estimate of drug-likeness (QED) is 0.723. The minimum Gasteiger partial charge on any atom is -0.493 e. The van der Waals surface area contributed by atoms with E-state index in [1.54, 1.807) is 43.4 Å². The highest BCUT2D eigenvalue weighted by Crippen LogP contribution is 2.36. The predicted octanol–water partition coefficient (Wildman–Crippen LogP) is 3.57. The molecule has 0 unspecified atom stereocenters. The predicted molar refractivity (Wildman–Crippen MR) is 115 cm³/mol. The average Bonchev–Trinajstić information content (AvgIpc) is 2.75. The molecule has 1 aliphatic rings. The number of fused-ring (bicyclic) bond motifs is 1. The van der Waals surface area contributed by atoms with E-state index < -0.39 is 0 Å². The van der Waals surface area contributed by atoms with Gasteiger partial charge in [-0.1, -0.05) is 23.7 Å². The van der Waals surface area contributed by atoms with E-state index in [0.717, 1.165) is 5.56 Å². The highest BCUT2D eigenvalue weighted by molar-refractivity contribution is 6.31. The van der Waals surface area contributed by atoms with Crippen LogP contribution in [0, 0.1) is 0 Å². The van der Waals surface area contributed by atoms with Gasteiger partial charge in [0.15, 0.2) is 11.5 Å². The number of benzene rings is 2. The fraction of sp³-hybridized carbons (Fsp3) is 0.364. The number of nitrogens with one attached hydrogen (secondary N) is 1. The van der Waals surface area contributed by atoms with E-state index >= 15 is 0 Å². The lowest BCUT2D eigenvalue weighted by molar-refractivity contribution is -0.125. The lowest BCUT2D eigenvalue weighted by Crippen LogP contribution is -2.42. The molecule has 0 aromatic heterocycles. The Bertz CT molecular complexity index is 934. The maximum atomic E-state index is 12.8. The van der Waals surface area contributed by atoms with E-state index in [-0.39, 0.29) is 37.3 Å². The van der Waals surface area contributed by atoms with Gasteiger partial charge in [-0.2, -0.15) is 0 Å². The van der Waals surface area contributed by atoms with Gasteiger partial charge in [0, 0.05) is 30.0 Å². The molecule has 0 fully saturated rings. The van der Waals surface area contributed by atoms with Gasteiger partial charge in [-0.15, -0.1) is 0 Å². The van der Waals surface area contributed by atoms with Crippen LogP contribution in [-0.4, -0.2) is 38.7 Å². The van der Waals surface area contributed by atoms with Crippen molar-refractivity contribution >= 4 is 29.1 Å². The molecule has 2 aromatic rings. The Kier molecular flexibility index (Phi) is 7.05. The summed E-state index contributed by atoms with van der Waals surface area (Å²) in [7, 11) is 3.11. The second-order valence-corrected chi connectivity index (χ2v) is 7.41. The molecule has 8 heteroatoms. The van der Waals surface area contributed by atoms with Crippen LogP contribution in [-0.2, 0) is 16.1 Å². The summed E-state index contributed by atoms with van der Waals surface area (Å²) in [5.41, 5.74) is 1.43. The van der Waals surface area contributed by atoms with Crippen molar-refractivity contribution in [2.75, 3.05) is 25.7 Å². The molecule has 1 N–H and O–H groups in total. The first-order chi connectivity index (χ1) is 14.4. The zero-order valence-electron chi connectivity index (χ0n) is 17.2. The van der Waals surface area contributed by atoms with E-state index in [0.29, 0.717) is 34.5 Å². The van der Waals surface area contributed by atoms with E-state index in [1.807, 2.05) is 19.1 Å². The molecular weight excluding hydrogens is 408 g/mol. The van der Waals surface area contributed by atoms with Gasteiger partial charge in [0.2, 0.25) is 11.8 Å².